The number of alkyl halides is 6. The van der Waals surface area contributed by atoms with Crippen molar-refractivity contribution >= 4 is 66.3 Å². The summed E-state index contributed by atoms with van der Waals surface area (Å²) in [5, 5.41) is 2.56. The minimum atomic E-state index is -6.09. The van der Waals surface area contributed by atoms with Gasteiger partial charge < -0.3 is 18.2 Å². The number of benzene rings is 3. The number of hydrogen-bond acceptors (Lipinski definition) is 6. The molecule has 0 N–H and O–H groups in total. The summed E-state index contributed by atoms with van der Waals surface area (Å²) in [6, 6.07) is 33.7. The molecule has 0 bridgehead atoms. The monoisotopic (exact) mass is 922 g/mol. The first-order valence-electron chi connectivity index (χ1n) is 19.8. The highest BCUT2D eigenvalue weighted by atomic mass is 32.2. The quantitative estimate of drug-likeness (QED) is 0.0750. The van der Waals surface area contributed by atoms with Gasteiger partial charge >= 0.3 is 11.0 Å². The normalized spacial score (nSPS) is 14.2. The molecule has 0 saturated carbocycles. The van der Waals surface area contributed by atoms with Gasteiger partial charge in [-0.05, 0) is 59.4 Å². The van der Waals surface area contributed by atoms with Gasteiger partial charge in [0, 0.05) is 97.0 Å². The van der Waals surface area contributed by atoms with E-state index in [0.29, 0.717) is 0 Å². The number of pyridine rings is 2. The van der Waals surface area contributed by atoms with Crippen LogP contribution in [0, 0.1) is 0 Å². The summed E-state index contributed by atoms with van der Waals surface area (Å²) in [6.07, 6.45) is 20.4. The summed E-state index contributed by atoms with van der Waals surface area (Å²) in [6.45, 7) is 2.03. The molecule has 18 heteroatoms. The zero-order valence-electron chi connectivity index (χ0n) is 34.3. The van der Waals surface area contributed by atoms with Gasteiger partial charge in [0.1, 0.15) is 13.1 Å². The van der Waals surface area contributed by atoms with Crippen molar-refractivity contribution in [1.82, 2.24) is 9.13 Å². The molecule has 334 valence electrons. The summed E-state index contributed by atoms with van der Waals surface area (Å²) in [5.41, 5.74) is 4.53. The Bertz CT molecular complexity index is 3150. The highest BCUT2D eigenvalue weighted by Gasteiger charge is 2.38. The molecule has 0 atom stereocenters. The Kier molecular flexibility index (Phi) is 12.8. The van der Waals surface area contributed by atoms with E-state index in [1.807, 2.05) is 0 Å². The van der Waals surface area contributed by atoms with Crippen molar-refractivity contribution in [2.75, 3.05) is 0 Å². The lowest BCUT2D eigenvalue weighted by atomic mass is 9.88. The molecule has 0 spiro atoms. The Morgan fingerprint density at radius 2 is 1.06 bits per heavy atom. The van der Waals surface area contributed by atoms with Crippen LogP contribution in [0.5, 0.6) is 0 Å². The van der Waals surface area contributed by atoms with E-state index in [2.05, 4.69) is 166 Å². The van der Waals surface area contributed by atoms with Crippen LogP contribution in [0.15, 0.2) is 110 Å². The van der Waals surface area contributed by atoms with E-state index in [-0.39, 0.29) is 0 Å². The van der Waals surface area contributed by atoms with Crippen LogP contribution in [0.4, 0.5) is 26.3 Å². The first-order valence-corrected chi connectivity index (χ1v) is 22.6. The lowest BCUT2D eigenvalue weighted by Crippen LogP contribution is -2.39. The fourth-order valence-corrected chi connectivity index (χ4v) is 8.19. The van der Waals surface area contributed by atoms with Crippen molar-refractivity contribution in [3.63, 3.8) is 0 Å². The zero-order chi connectivity index (χ0) is 46.2. The van der Waals surface area contributed by atoms with Gasteiger partial charge in [0.15, 0.2) is 26.4 Å². The Labute approximate surface area is 365 Å². The maximum Gasteiger partial charge on any atom is 0.485 e. The van der Waals surface area contributed by atoms with Crippen molar-refractivity contribution in [3.8, 4) is 22.5 Å². The molecule has 0 saturated heterocycles. The molecule has 2 aliphatic heterocycles. The number of para-hydroxylation sites is 2. The van der Waals surface area contributed by atoms with Gasteiger partial charge in [-0.25, -0.2) is 16.8 Å². The van der Waals surface area contributed by atoms with Crippen molar-refractivity contribution in [3.05, 3.63) is 143 Å². The van der Waals surface area contributed by atoms with Gasteiger partial charge in [-0.1, -0.05) is 60.7 Å². The number of fused-ring (bicyclic) bond motifs is 9. The number of nitrogens with zero attached hydrogens (tertiary/aromatic N) is 4. The van der Waals surface area contributed by atoms with E-state index in [1.54, 1.807) is 0 Å². The van der Waals surface area contributed by atoms with E-state index in [1.165, 1.54) is 77.8 Å². The average Bonchev–Trinajstić information content (AvgIpc) is 3.55. The molecular weight excluding hydrogens is 883 g/mol. The van der Waals surface area contributed by atoms with Crippen LogP contribution in [0.3, 0.4) is 0 Å². The molecule has 0 unspecified atom stereocenters. The third-order valence-corrected chi connectivity index (χ3v) is 12.2. The van der Waals surface area contributed by atoms with E-state index in [0.717, 1.165) is 38.8 Å². The van der Waals surface area contributed by atoms with Crippen LogP contribution >= 0.6 is 0 Å². The van der Waals surface area contributed by atoms with Gasteiger partial charge in [-0.15, -0.1) is 0 Å². The van der Waals surface area contributed by atoms with Gasteiger partial charge in [0.05, 0.1) is 11.1 Å². The predicted molar refractivity (Wildman–Crippen MR) is 230 cm³/mol. The third kappa shape index (κ3) is 9.69. The summed E-state index contributed by atoms with van der Waals surface area (Å²) in [5.74, 6) is 0. The van der Waals surface area contributed by atoms with Gasteiger partial charge in [-0.2, -0.15) is 35.5 Å². The molecule has 0 fully saturated rings. The van der Waals surface area contributed by atoms with Crippen LogP contribution in [0.1, 0.15) is 46.4 Å². The molecule has 0 radical (unpaired) electrons. The number of aromatic nitrogens is 4. The second kappa shape index (κ2) is 17.8. The molecule has 2 aliphatic rings. The lowest BCUT2D eigenvalue weighted by Gasteiger charge is -2.14. The maximum absolute atomic E-state index is 10.7. The molecular formula is C46H40F6N4O6S2. The van der Waals surface area contributed by atoms with E-state index >= 15 is 0 Å². The summed E-state index contributed by atoms with van der Waals surface area (Å²) < 4.78 is 127. The second-order valence-electron chi connectivity index (χ2n) is 15.3. The van der Waals surface area contributed by atoms with Gasteiger partial charge in [0.25, 0.3) is 0 Å². The maximum atomic E-state index is 10.7. The predicted octanol–water partition coefficient (Wildman–Crippen LogP) is 8.92. The molecule has 0 amide bonds. The van der Waals surface area contributed by atoms with Crippen LogP contribution in [0.2, 0.25) is 0 Å². The van der Waals surface area contributed by atoms with Gasteiger partial charge in [-0.3, -0.25) is 0 Å². The molecule has 0 aliphatic carbocycles. The number of hydrogen-bond donors (Lipinski definition) is 0. The molecule has 64 heavy (non-hydrogen) atoms. The average molecular weight is 923 g/mol. The standard InChI is InChI=1S/C44H40N4.2CHF3O3S/c1-45-29-34(37-13-3-5-15-39(37)45)19-18-31-27-36(23-22-35-30-46(2)40-16-6-4-14-38(35)40)48-26-10-12-33-21-20-32-11-9-25-47-24-8-7-17-41(47)43(32)44(33)42(48)28-31;2*2-1(3,4)8(5,6)7/h3-8,13-24,27-30H,9-12,25-26H2,1-2H3;2*(H,5,6,7)/q+2;;/p-2. The third-order valence-electron chi connectivity index (χ3n) is 11.0. The second-order valence-corrected chi connectivity index (χ2v) is 18.0. The lowest BCUT2D eigenvalue weighted by molar-refractivity contribution is -0.688. The summed E-state index contributed by atoms with van der Waals surface area (Å²) in [7, 11) is -7.91. The topological polar surface area (TPSA) is 132 Å². The minimum absolute atomic E-state index is 0.982. The Hall–Kier alpha value is -6.08. The van der Waals surface area contributed by atoms with Gasteiger partial charge in [0.2, 0.25) is 17.1 Å². The molecule has 6 heterocycles. The fourth-order valence-electron chi connectivity index (χ4n) is 8.19. The van der Waals surface area contributed by atoms with Crippen LogP contribution in [0.25, 0.3) is 68.6 Å². The fraction of sp³-hybridized carbons (Fsp3) is 0.217. The smallest absolute Gasteiger partial charge is 0.485 e. The minimum Gasteiger partial charge on any atom is -0.741 e. The highest BCUT2D eigenvalue weighted by Crippen LogP contribution is 2.39. The first kappa shape index (κ1) is 45.9. The number of aryl methyl sites for hydroxylation is 5. The number of rotatable bonds is 4. The molecule has 10 nitrogen and oxygen atoms in total. The largest absolute Gasteiger partial charge is 0.741 e. The summed E-state index contributed by atoms with van der Waals surface area (Å²) >= 11 is 0. The van der Waals surface area contributed by atoms with E-state index < -0.39 is 31.3 Å². The zero-order valence-corrected chi connectivity index (χ0v) is 35.9. The molecule has 4 aromatic heterocycles. The SMILES string of the molecule is Cn1cc(/C=C/c2cc(/C=C/c3cn(C)c4ccccc34)[n+]3c(c2)-c2c(ccc4c2-c2cccc[n+]2CCC4)CCC3)c2ccccc21.O=S(=O)([O-])C(F)(F)F.O=S(=O)([O-])C(F)(F)F. The van der Waals surface area contributed by atoms with Crippen LogP contribution in [-0.2, 0) is 60.3 Å². The Morgan fingerprint density at radius 1 is 0.594 bits per heavy atom. The Morgan fingerprint density at radius 3 is 1.59 bits per heavy atom. The molecule has 9 rings (SSSR count). The Balaban J connectivity index is 0.000000328. The van der Waals surface area contributed by atoms with Crippen molar-refractivity contribution in [1.29, 1.82) is 0 Å². The molecule has 3 aromatic carbocycles. The van der Waals surface area contributed by atoms with E-state index in [4.69, 9.17) is 25.9 Å². The van der Waals surface area contributed by atoms with Crippen molar-refractivity contribution in [2.45, 2.75) is 49.8 Å². The van der Waals surface area contributed by atoms with Crippen LogP contribution < -0.4 is 9.13 Å². The first-order chi connectivity index (χ1) is 30.1. The van der Waals surface area contributed by atoms with Crippen molar-refractivity contribution < 1.29 is 61.4 Å². The van der Waals surface area contributed by atoms with E-state index in [9.17, 15) is 26.3 Å². The summed E-state index contributed by atoms with van der Waals surface area (Å²) in [4.78, 5) is 0. The van der Waals surface area contributed by atoms with Crippen molar-refractivity contribution in [2.24, 2.45) is 14.1 Å². The highest BCUT2D eigenvalue weighted by molar-refractivity contribution is 7.86. The van der Waals surface area contributed by atoms with Crippen LogP contribution in [-0.4, -0.2) is 46.1 Å². The number of halogens is 6. The molecule has 7 aromatic rings.